The van der Waals surface area contributed by atoms with Crippen LogP contribution in [-0.4, -0.2) is 42.2 Å². The van der Waals surface area contributed by atoms with Crippen molar-refractivity contribution in [2.45, 2.75) is 51.5 Å². The zero-order chi connectivity index (χ0) is 21.6. The quantitative estimate of drug-likeness (QED) is 0.320. The minimum atomic E-state index is -4.31. The molecule has 10 heteroatoms. The third-order valence-corrected chi connectivity index (χ3v) is 5.21. The number of rotatable bonds is 6. The molecule has 172 valence electrons. The lowest BCUT2D eigenvalue weighted by Crippen LogP contribution is -2.48. The highest BCUT2D eigenvalue weighted by Gasteiger charge is 2.30. The van der Waals surface area contributed by atoms with Crippen LogP contribution in [-0.2, 0) is 25.7 Å². The molecule has 31 heavy (non-hydrogen) atoms. The lowest BCUT2D eigenvalue weighted by atomic mass is 10.0. The predicted octanol–water partition coefficient (Wildman–Crippen LogP) is 4.20. The van der Waals surface area contributed by atoms with Crippen LogP contribution in [0.4, 0.5) is 13.2 Å². The molecule has 6 nitrogen and oxygen atoms in total. The lowest BCUT2D eigenvalue weighted by molar-refractivity contribution is -0.137. The minimum absolute atomic E-state index is 0. The predicted molar refractivity (Wildman–Crippen MR) is 124 cm³/mol. The summed E-state index contributed by atoms with van der Waals surface area (Å²) in [5.74, 6) is 1.45. The fourth-order valence-corrected chi connectivity index (χ4v) is 3.50. The fourth-order valence-electron chi connectivity index (χ4n) is 3.50. The van der Waals surface area contributed by atoms with Gasteiger partial charge in [-0.25, -0.2) is 0 Å². The number of piperidine rings is 1. The molecule has 1 aromatic carbocycles. The number of guanidine groups is 1. The number of aromatic nitrogens is 1. The first kappa shape index (κ1) is 25.4. The van der Waals surface area contributed by atoms with E-state index in [1.165, 1.54) is 12.1 Å². The van der Waals surface area contributed by atoms with Crippen LogP contribution in [0.15, 0.2) is 39.8 Å². The van der Waals surface area contributed by atoms with Crippen LogP contribution in [0.2, 0.25) is 0 Å². The van der Waals surface area contributed by atoms with E-state index in [4.69, 9.17) is 4.52 Å². The molecule has 0 spiro atoms. The molecule has 2 aromatic rings. The van der Waals surface area contributed by atoms with Gasteiger partial charge in [0.05, 0.1) is 17.8 Å². The summed E-state index contributed by atoms with van der Waals surface area (Å²) in [6.45, 7) is 4.67. The molecule has 1 saturated heterocycles. The second-order valence-electron chi connectivity index (χ2n) is 7.46. The van der Waals surface area contributed by atoms with Crippen LogP contribution in [0.5, 0.6) is 0 Å². The zero-order valence-electron chi connectivity index (χ0n) is 17.7. The first-order valence-electron chi connectivity index (χ1n) is 10.2. The van der Waals surface area contributed by atoms with Gasteiger partial charge in [0.1, 0.15) is 0 Å². The van der Waals surface area contributed by atoms with Gasteiger partial charge in [-0.05, 0) is 30.9 Å². The van der Waals surface area contributed by atoms with Gasteiger partial charge >= 0.3 is 6.18 Å². The van der Waals surface area contributed by atoms with Crippen molar-refractivity contribution in [2.75, 3.05) is 20.1 Å². The van der Waals surface area contributed by atoms with Gasteiger partial charge in [-0.15, -0.1) is 24.0 Å². The molecule has 0 unspecified atom stereocenters. The maximum atomic E-state index is 12.9. The van der Waals surface area contributed by atoms with Crippen molar-refractivity contribution in [3.05, 3.63) is 52.9 Å². The van der Waals surface area contributed by atoms with Crippen LogP contribution in [0.3, 0.4) is 0 Å². The summed E-state index contributed by atoms with van der Waals surface area (Å²) >= 11 is 0. The molecule has 3 rings (SSSR count). The average molecular weight is 551 g/mol. The van der Waals surface area contributed by atoms with E-state index in [-0.39, 0.29) is 30.0 Å². The number of hydrogen-bond donors (Lipinski definition) is 2. The smallest absolute Gasteiger partial charge is 0.359 e. The Bertz CT molecular complexity index is 848. The molecule has 0 amide bonds. The maximum absolute atomic E-state index is 12.9. The number of hydrogen-bond acceptors (Lipinski definition) is 4. The van der Waals surface area contributed by atoms with Crippen molar-refractivity contribution in [3.63, 3.8) is 0 Å². The molecule has 0 aliphatic carbocycles. The largest absolute Gasteiger partial charge is 0.416 e. The van der Waals surface area contributed by atoms with Crippen LogP contribution in [0, 0.1) is 0 Å². The minimum Gasteiger partial charge on any atom is -0.359 e. The van der Waals surface area contributed by atoms with Crippen LogP contribution < -0.4 is 10.6 Å². The molecule has 2 heterocycles. The van der Waals surface area contributed by atoms with Gasteiger partial charge in [-0.1, -0.05) is 30.3 Å². The van der Waals surface area contributed by atoms with E-state index in [2.05, 4.69) is 25.7 Å². The van der Waals surface area contributed by atoms with Crippen LogP contribution in [0.1, 0.15) is 42.3 Å². The highest BCUT2D eigenvalue weighted by atomic mass is 127. The van der Waals surface area contributed by atoms with Gasteiger partial charge in [0, 0.05) is 38.8 Å². The van der Waals surface area contributed by atoms with Crippen molar-refractivity contribution in [3.8, 4) is 0 Å². The Kier molecular flexibility index (Phi) is 9.60. The first-order valence-corrected chi connectivity index (χ1v) is 10.2. The Balaban J connectivity index is 0.00000341. The topological polar surface area (TPSA) is 65.7 Å². The second kappa shape index (κ2) is 11.7. The van der Waals surface area contributed by atoms with Crippen molar-refractivity contribution >= 4 is 29.9 Å². The lowest BCUT2D eigenvalue weighted by Gasteiger charge is -2.33. The SMILES string of the molecule is CCc1cc(CNC(=NC)NC2CCN(Cc3cccc(C(F)(F)F)c3)CC2)on1.I. The van der Waals surface area contributed by atoms with E-state index in [0.29, 0.717) is 24.6 Å². The number of aliphatic imine (C=N–C) groups is 1. The molecule has 1 aromatic heterocycles. The molecule has 1 aliphatic heterocycles. The molecule has 0 saturated carbocycles. The summed E-state index contributed by atoms with van der Waals surface area (Å²) in [5, 5.41) is 10.6. The Morgan fingerprint density at radius 2 is 2.00 bits per heavy atom. The molecule has 0 atom stereocenters. The number of aryl methyl sites for hydroxylation is 1. The summed E-state index contributed by atoms with van der Waals surface area (Å²) in [6, 6.07) is 7.75. The van der Waals surface area contributed by atoms with Crippen molar-refractivity contribution in [1.29, 1.82) is 0 Å². The van der Waals surface area contributed by atoms with Gasteiger partial charge < -0.3 is 15.2 Å². The molecule has 2 N–H and O–H groups in total. The van der Waals surface area contributed by atoms with Crippen LogP contribution >= 0.6 is 24.0 Å². The number of nitrogens with zero attached hydrogens (tertiary/aromatic N) is 3. The molecule has 0 radical (unpaired) electrons. The highest BCUT2D eigenvalue weighted by molar-refractivity contribution is 14.0. The van der Waals surface area contributed by atoms with Gasteiger partial charge in [0.15, 0.2) is 11.7 Å². The maximum Gasteiger partial charge on any atom is 0.416 e. The summed E-state index contributed by atoms with van der Waals surface area (Å²) in [7, 11) is 1.72. The van der Waals surface area contributed by atoms with Gasteiger partial charge in [0.25, 0.3) is 0 Å². The standard InChI is InChI=1S/C21H28F3N5O.HI/c1-3-17-12-19(30-28-17)13-26-20(25-2)27-18-7-9-29(10-8-18)14-15-5-4-6-16(11-15)21(22,23)24;/h4-6,11-12,18H,3,7-10,13-14H2,1-2H3,(H2,25,26,27);1H. The summed E-state index contributed by atoms with van der Waals surface area (Å²) in [4.78, 5) is 6.44. The number of alkyl halides is 3. The van der Waals surface area contributed by atoms with E-state index >= 15 is 0 Å². The fraction of sp³-hybridized carbons (Fsp3) is 0.524. The Morgan fingerprint density at radius 1 is 1.26 bits per heavy atom. The molecular weight excluding hydrogens is 522 g/mol. The number of likely N-dealkylation sites (tertiary alicyclic amines) is 1. The van der Waals surface area contributed by atoms with Gasteiger partial charge in [0.2, 0.25) is 0 Å². The molecule has 1 aliphatic rings. The summed E-state index contributed by atoms with van der Waals surface area (Å²) in [6.07, 6.45) is -1.70. The van der Waals surface area contributed by atoms with E-state index in [9.17, 15) is 13.2 Å². The molecule has 1 fully saturated rings. The zero-order valence-corrected chi connectivity index (χ0v) is 20.0. The Morgan fingerprint density at radius 3 is 2.61 bits per heavy atom. The van der Waals surface area contributed by atoms with Crippen molar-refractivity contribution in [1.82, 2.24) is 20.7 Å². The van der Waals surface area contributed by atoms with Crippen molar-refractivity contribution < 1.29 is 17.7 Å². The number of halogens is 4. The van der Waals surface area contributed by atoms with E-state index in [0.717, 1.165) is 49.9 Å². The summed E-state index contributed by atoms with van der Waals surface area (Å²) < 4.78 is 44.0. The summed E-state index contributed by atoms with van der Waals surface area (Å²) in [5.41, 5.74) is 1.01. The van der Waals surface area contributed by atoms with Crippen molar-refractivity contribution in [2.24, 2.45) is 4.99 Å². The normalized spacial score (nSPS) is 16.1. The van der Waals surface area contributed by atoms with E-state index in [1.807, 2.05) is 13.0 Å². The third kappa shape index (κ3) is 7.67. The number of benzene rings is 1. The van der Waals surface area contributed by atoms with Crippen LogP contribution in [0.25, 0.3) is 0 Å². The second-order valence-corrected chi connectivity index (χ2v) is 7.46. The third-order valence-electron chi connectivity index (χ3n) is 5.21. The van der Waals surface area contributed by atoms with E-state index in [1.54, 1.807) is 13.1 Å². The van der Waals surface area contributed by atoms with Gasteiger partial charge in [-0.3, -0.25) is 9.89 Å². The first-order chi connectivity index (χ1) is 14.4. The Labute approximate surface area is 197 Å². The Hall–Kier alpha value is -1.82. The van der Waals surface area contributed by atoms with Gasteiger partial charge in [-0.2, -0.15) is 13.2 Å². The molecule has 0 bridgehead atoms. The van der Waals surface area contributed by atoms with E-state index < -0.39 is 11.7 Å². The number of nitrogens with one attached hydrogen (secondary N) is 2. The highest BCUT2D eigenvalue weighted by Crippen LogP contribution is 2.30. The average Bonchev–Trinajstić information content (AvgIpc) is 3.20. The monoisotopic (exact) mass is 551 g/mol. The molecular formula is C21H29F3IN5O.